The van der Waals surface area contributed by atoms with E-state index in [1.165, 1.54) is 0 Å². The van der Waals surface area contributed by atoms with Crippen molar-refractivity contribution in [3.63, 3.8) is 0 Å². The Hall–Kier alpha value is -1.59. The summed E-state index contributed by atoms with van der Waals surface area (Å²) in [5.41, 5.74) is 0. The molecule has 0 aliphatic rings. The summed E-state index contributed by atoms with van der Waals surface area (Å²) in [5, 5.41) is 20.7. The minimum atomic E-state index is -0.734. The number of aliphatic carboxylic acids is 1. The van der Waals surface area contributed by atoms with Crippen molar-refractivity contribution in [2.75, 3.05) is 0 Å². The number of allylic oxidation sites excluding steroid dienone is 6. The number of carboxylic acids is 1. The van der Waals surface area contributed by atoms with E-state index in [1.807, 2.05) is 12.2 Å². The summed E-state index contributed by atoms with van der Waals surface area (Å²) >= 11 is 0. The zero-order chi connectivity index (χ0) is 17.2. The van der Waals surface area contributed by atoms with Gasteiger partial charge in [-0.05, 0) is 43.2 Å². The molecule has 5 heteroatoms. The first kappa shape index (κ1) is 21.4. The summed E-state index contributed by atoms with van der Waals surface area (Å²) in [7, 11) is 0. The number of carboxylic acid groups (broad SMARTS) is 1. The van der Waals surface area contributed by atoms with Crippen LogP contribution in [0, 0.1) is 0 Å². The molecule has 0 bridgehead atoms. The molecule has 0 aromatic heterocycles. The molecular weight excluding hydrogens is 296 g/mol. The lowest BCUT2D eigenvalue weighted by Crippen LogP contribution is -1.94. The van der Waals surface area contributed by atoms with E-state index < -0.39 is 5.97 Å². The maximum absolute atomic E-state index is 10.4. The molecule has 0 radical (unpaired) electrons. The number of hydrogen-bond acceptors (Lipinski definition) is 4. The first-order valence-electron chi connectivity index (χ1n) is 8.39. The van der Waals surface area contributed by atoms with E-state index in [1.54, 1.807) is 0 Å². The Morgan fingerprint density at radius 3 is 2.17 bits per heavy atom. The fraction of sp³-hybridized carbons (Fsp3) is 0.611. The average molecular weight is 326 g/mol. The molecule has 0 aromatic rings. The first-order chi connectivity index (χ1) is 11.2. The molecule has 0 aromatic carbocycles. The molecule has 0 saturated carbocycles. The molecule has 23 heavy (non-hydrogen) atoms. The summed E-state index contributed by atoms with van der Waals surface area (Å²) in [6, 6.07) is 0. The summed E-state index contributed by atoms with van der Waals surface area (Å²) in [6.45, 7) is 2.10. The third-order valence-corrected chi connectivity index (χ3v) is 3.28. The van der Waals surface area contributed by atoms with Crippen LogP contribution in [0.25, 0.3) is 0 Å². The topological polar surface area (TPSA) is 76.0 Å². The summed E-state index contributed by atoms with van der Waals surface area (Å²) < 4.78 is 0. The van der Waals surface area contributed by atoms with Crippen LogP contribution in [-0.2, 0) is 14.7 Å². The van der Waals surface area contributed by atoms with Crippen molar-refractivity contribution in [2.24, 2.45) is 0 Å². The molecule has 0 aliphatic heterocycles. The second-order valence-corrected chi connectivity index (χ2v) is 5.31. The third kappa shape index (κ3) is 16.6. The molecule has 0 atom stereocenters. The van der Waals surface area contributed by atoms with Crippen LogP contribution in [-0.4, -0.2) is 16.3 Å². The van der Waals surface area contributed by atoms with E-state index in [-0.39, 0.29) is 6.42 Å². The third-order valence-electron chi connectivity index (χ3n) is 3.28. The Kier molecular flexibility index (Phi) is 15.6. The van der Waals surface area contributed by atoms with Crippen LogP contribution in [0.5, 0.6) is 0 Å². The van der Waals surface area contributed by atoms with Crippen LogP contribution < -0.4 is 0 Å². The maximum Gasteiger partial charge on any atom is 0.303 e. The Balaban J connectivity index is 3.81. The smallest absolute Gasteiger partial charge is 0.303 e. The van der Waals surface area contributed by atoms with Gasteiger partial charge in [0.2, 0.25) is 0 Å². The van der Waals surface area contributed by atoms with Crippen molar-refractivity contribution < 1.29 is 25.1 Å². The number of carbonyl (C=O) groups is 1. The average Bonchev–Trinajstić information content (AvgIpc) is 2.52. The zero-order valence-electron chi connectivity index (χ0n) is 14.1. The molecule has 0 spiro atoms. The van der Waals surface area contributed by atoms with Gasteiger partial charge in [-0.1, -0.05) is 50.5 Å². The Morgan fingerprint density at radius 2 is 1.52 bits per heavy atom. The fourth-order valence-corrected chi connectivity index (χ4v) is 2.06. The van der Waals surface area contributed by atoms with Crippen molar-refractivity contribution >= 4 is 5.97 Å². The first-order valence-corrected chi connectivity index (χ1v) is 8.39. The van der Waals surface area contributed by atoms with Gasteiger partial charge in [0, 0.05) is 12.8 Å². The van der Waals surface area contributed by atoms with Crippen LogP contribution >= 0.6 is 0 Å². The molecule has 0 unspecified atom stereocenters. The highest BCUT2D eigenvalue weighted by molar-refractivity contribution is 5.66. The molecule has 0 amide bonds. The lowest BCUT2D eigenvalue weighted by Gasteiger charge is -2.05. The number of hydrogen-bond donors (Lipinski definition) is 2. The van der Waals surface area contributed by atoms with Gasteiger partial charge in [0.25, 0.3) is 0 Å². The molecule has 0 saturated heterocycles. The Bertz CT molecular complexity index is 372. The fourth-order valence-electron chi connectivity index (χ4n) is 2.06. The van der Waals surface area contributed by atoms with Gasteiger partial charge in [0.05, 0.1) is 0 Å². The standard InChI is InChI=1S/C18H30O5/c1-2-3-4-5-6-8-11-14-17(22-23-21)15-12-9-7-10-13-16-18(19)20/h3-4,6,8,14,21H,2,5,7,9-13,15-16H2,1H3,(H,19,20)/b4-3-,8-6-,17-14+. The normalized spacial score (nSPS) is 12.3. The Morgan fingerprint density at radius 1 is 0.913 bits per heavy atom. The second kappa shape index (κ2) is 16.8. The molecule has 2 N–H and O–H groups in total. The predicted molar refractivity (Wildman–Crippen MR) is 90.6 cm³/mol. The van der Waals surface area contributed by atoms with Crippen molar-refractivity contribution in [1.29, 1.82) is 0 Å². The van der Waals surface area contributed by atoms with Crippen LogP contribution in [0.1, 0.15) is 71.1 Å². The molecule has 0 fully saturated rings. The summed E-state index contributed by atoms with van der Waals surface area (Å²) in [6.07, 6.45) is 18.5. The maximum atomic E-state index is 10.4. The lowest BCUT2D eigenvalue weighted by molar-refractivity contribution is -0.473. The van der Waals surface area contributed by atoms with Gasteiger partial charge in [-0.15, -0.1) is 0 Å². The molecular formula is C18H30O5. The van der Waals surface area contributed by atoms with Gasteiger partial charge in [-0.25, -0.2) is 5.26 Å². The number of unbranched alkanes of at least 4 members (excludes halogenated alkanes) is 4. The lowest BCUT2D eigenvalue weighted by atomic mass is 10.1. The quantitative estimate of drug-likeness (QED) is 0.138. The van der Waals surface area contributed by atoms with Gasteiger partial charge >= 0.3 is 5.97 Å². The predicted octanol–water partition coefficient (Wildman–Crippen LogP) is 5.41. The van der Waals surface area contributed by atoms with Crippen LogP contribution in [0.3, 0.4) is 0 Å². The van der Waals surface area contributed by atoms with Crippen molar-refractivity contribution in [3.05, 3.63) is 36.1 Å². The molecule has 5 nitrogen and oxygen atoms in total. The van der Waals surface area contributed by atoms with Gasteiger partial charge < -0.3 is 9.99 Å². The summed E-state index contributed by atoms with van der Waals surface area (Å²) in [5.74, 6) is -0.117. The Labute approximate surface area is 139 Å². The van der Waals surface area contributed by atoms with E-state index in [4.69, 9.17) is 15.3 Å². The van der Waals surface area contributed by atoms with Gasteiger partial charge in [-0.3, -0.25) is 4.79 Å². The van der Waals surface area contributed by atoms with Gasteiger partial charge in [0.1, 0.15) is 5.76 Å². The minimum Gasteiger partial charge on any atom is -0.481 e. The highest BCUT2D eigenvalue weighted by Crippen LogP contribution is 2.14. The minimum absolute atomic E-state index is 0.242. The van der Waals surface area contributed by atoms with Gasteiger partial charge in [-0.2, -0.15) is 0 Å². The highest BCUT2D eigenvalue weighted by atomic mass is 17.5. The van der Waals surface area contributed by atoms with Crippen molar-refractivity contribution in [1.82, 2.24) is 0 Å². The van der Waals surface area contributed by atoms with E-state index >= 15 is 0 Å². The van der Waals surface area contributed by atoms with Crippen LogP contribution in [0.2, 0.25) is 0 Å². The van der Waals surface area contributed by atoms with Crippen molar-refractivity contribution in [2.45, 2.75) is 71.1 Å². The highest BCUT2D eigenvalue weighted by Gasteiger charge is 2.01. The monoisotopic (exact) mass is 326 g/mol. The van der Waals surface area contributed by atoms with E-state index in [2.05, 4.69) is 30.2 Å². The molecule has 0 rings (SSSR count). The zero-order valence-corrected chi connectivity index (χ0v) is 14.1. The molecule has 132 valence electrons. The largest absolute Gasteiger partial charge is 0.481 e. The molecule has 0 heterocycles. The van der Waals surface area contributed by atoms with Crippen LogP contribution in [0.4, 0.5) is 0 Å². The van der Waals surface area contributed by atoms with Crippen molar-refractivity contribution in [3.8, 4) is 0 Å². The van der Waals surface area contributed by atoms with Crippen LogP contribution in [0.15, 0.2) is 36.1 Å². The summed E-state index contributed by atoms with van der Waals surface area (Å²) in [4.78, 5) is 15.1. The van der Waals surface area contributed by atoms with Gasteiger partial charge in [0.15, 0.2) is 0 Å². The number of rotatable bonds is 15. The van der Waals surface area contributed by atoms with E-state index in [0.29, 0.717) is 12.2 Å². The second-order valence-electron chi connectivity index (χ2n) is 5.31. The van der Waals surface area contributed by atoms with E-state index in [9.17, 15) is 4.79 Å². The molecule has 0 aliphatic carbocycles. The van der Waals surface area contributed by atoms with E-state index in [0.717, 1.165) is 51.4 Å². The SMILES string of the molecule is CC/C=C\C/C=C\C/C=C(\CCCCCCCC(=O)O)OOO.